The van der Waals surface area contributed by atoms with Gasteiger partial charge in [-0.25, -0.2) is 17.8 Å². The van der Waals surface area contributed by atoms with E-state index in [4.69, 9.17) is 11.6 Å². The Bertz CT molecular complexity index is 791. The number of sulfonamides is 1. The van der Waals surface area contributed by atoms with E-state index in [-0.39, 0.29) is 4.90 Å². The summed E-state index contributed by atoms with van der Waals surface area (Å²) in [7, 11) is -3.61. The van der Waals surface area contributed by atoms with Crippen LogP contribution in [0.3, 0.4) is 0 Å². The van der Waals surface area contributed by atoms with E-state index in [1.165, 1.54) is 16.4 Å². The average Bonchev–Trinajstić information content (AvgIpc) is 2.56. The van der Waals surface area contributed by atoms with Crippen molar-refractivity contribution < 1.29 is 12.8 Å². The first-order valence-electron chi connectivity index (χ1n) is 7.10. The van der Waals surface area contributed by atoms with Gasteiger partial charge in [0.05, 0.1) is 9.92 Å². The summed E-state index contributed by atoms with van der Waals surface area (Å²) in [4.78, 5) is 6.30. The molecular formula is C15H15ClFN3O2S. The van der Waals surface area contributed by atoms with Gasteiger partial charge in [0.2, 0.25) is 10.0 Å². The number of halogens is 2. The van der Waals surface area contributed by atoms with E-state index >= 15 is 0 Å². The molecule has 0 N–H and O–H groups in total. The van der Waals surface area contributed by atoms with Gasteiger partial charge in [0, 0.05) is 32.4 Å². The summed E-state index contributed by atoms with van der Waals surface area (Å²) < 4.78 is 39.5. The van der Waals surface area contributed by atoms with Crippen LogP contribution in [0.15, 0.2) is 47.5 Å². The van der Waals surface area contributed by atoms with Crippen LogP contribution >= 0.6 is 11.6 Å². The summed E-state index contributed by atoms with van der Waals surface area (Å²) in [5, 5.41) is 0.544. The maximum atomic E-state index is 13.0. The number of pyridine rings is 1. The molecule has 0 atom stereocenters. The molecule has 23 heavy (non-hydrogen) atoms. The van der Waals surface area contributed by atoms with Gasteiger partial charge in [-0.05, 0) is 36.4 Å². The van der Waals surface area contributed by atoms with Gasteiger partial charge >= 0.3 is 0 Å². The molecule has 1 aliphatic rings. The maximum absolute atomic E-state index is 13.0. The highest BCUT2D eigenvalue weighted by Crippen LogP contribution is 2.25. The molecule has 122 valence electrons. The molecule has 0 bridgehead atoms. The Balaban J connectivity index is 1.74. The predicted molar refractivity (Wildman–Crippen MR) is 86.6 cm³/mol. The van der Waals surface area contributed by atoms with E-state index in [1.807, 2.05) is 4.90 Å². The topological polar surface area (TPSA) is 53.5 Å². The van der Waals surface area contributed by atoms with Crippen molar-refractivity contribution in [2.75, 3.05) is 31.1 Å². The monoisotopic (exact) mass is 355 g/mol. The lowest BCUT2D eigenvalue weighted by molar-refractivity contribution is 0.384. The molecule has 1 aromatic carbocycles. The maximum Gasteiger partial charge on any atom is 0.243 e. The largest absolute Gasteiger partial charge is 0.353 e. The molecule has 0 radical (unpaired) electrons. The standard InChI is InChI=1S/C15H15ClFN3O2S/c16-14-2-1-7-18-15(14)19-8-10-20(11-9-19)23(21,22)13-5-3-12(17)4-6-13/h1-7H,8-11H2. The van der Waals surface area contributed by atoms with Crippen molar-refractivity contribution in [1.29, 1.82) is 0 Å². The van der Waals surface area contributed by atoms with Crippen molar-refractivity contribution in [2.24, 2.45) is 0 Å². The second kappa shape index (κ2) is 6.43. The van der Waals surface area contributed by atoms with Gasteiger partial charge in [-0.2, -0.15) is 4.31 Å². The van der Waals surface area contributed by atoms with Gasteiger partial charge in [-0.3, -0.25) is 0 Å². The van der Waals surface area contributed by atoms with Crippen molar-refractivity contribution in [2.45, 2.75) is 4.90 Å². The summed E-state index contributed by atoms with van der Waals surface area (Å²) in [6, 6.07) is 8.37. The fraction of sp³-hybridized carbons (Fsp3) is 0.267. The van der Waals surface area contributed by atoms with Crippen LogP contribution in [-0.2, 0) is 10.0 Å². The van der Waals surface area contributed by atoms with E-state index in [0.29, 0.717) is 37.0 Å². The lowest BCUT2D eigenvalue weighted by Gasteiger charge is -2.34. The third-order valence-corrected chi connectivity index (χ3v) is 5.94. The van der Waals surface area contributed by atoms with E-state index in [1.54, 1.807) is 18.3 Å². The SMILES string of the molecule is O=S(=O)(c1ccc(F)cc1)N1CCN(c2ncccc2Cl)CC1. The van der Waals surface area contributed by atoms with Crippen LogP contribution in [-0.4, -0.2) is 43.9 Å². The zero-order valence-corrected chi connectivity index (χ0v) is 13.8. The fourth-order valence-corrected chi connectivity index (χ4v) is 4.17. The molecule has 2 heterocycles. The number of hydrogen-bond donors (Lipinski definition) is 0. The lowest BCUT2D eigenvalue weighted by atomic mass is 10.3. The fourth-order valence-electron chi connectivity index (χ4n) is 2.51. The minimum atomic E-state index is -3.61. The normalized spacial score (nSPS) is 16.5. The molecule has 1 saturated heterocycles. The molecule has 8 heteroatoms. The van der Waals surface area contributed by atoms with Crippen LogP contribution in [0.4, 0.5) is 10.2 Å². The van der Waals surface area contributed by atoms with Crippen LogP contribution in [0, 0.1) is 5.82 Å². The number of benzene rings is 1. The van der Waals surface area contributed by atoms with E-state index in [9.17, 15) is 12.8 Å². The van der Waals surface area contributed by atoms with Gasteiger partial charge in [-0.1, -0.05) is 11.6 Å². The molecule has 3 rings (SSSR count). The van der Waals surface area contributed by atoms with E-state index in [2.05, 4.69) is 4.98 Å². The number of piperazine rings is 1. The Hall–Kier alpha value is -1.70. The molecule has 0 amide bonds. The summed E-state index contributed by atoms with van der Waals surface area (Å²) in [5.41, 5.74) is 0. The molecule has 0 spiro atoms. The molecule has 1 fully saturated rings. The molecule has 5 nitrogen and oxygen atoms in total. The van der Waals surface area contributed by atoms with Crippen molar-refractivity contribution in [3.63, 3.8) is 0 Å². The number of hydrogen-bond acceptors (Lipinski definition) is 4. The van der Waals surface area contributed by atoms with Crippen molar-refractivity contribution in [3.05, 3.63) is 53.4 Å². The smallest absolute Gasteiger partial charge is 0.243 e. The molecule has 2 aromatic rings. The molecule has 0 saturated carbocycles. The van der Waals surface area contributed by atoms with Crippen molar-refractivity contribution in [1.82, 2.24) is 9.29 Å². The molecule has 1 aliphatic heterocycles. The summed E-state index contributed by atoms with van der Waals surface area (Å²) in [5.74, 6) is 0.201. The molecular weight excluding hydrogens is 341 g/mol. The van der Waals surface area contributed by atoms with Crippen molar-refractivity contribution >= 4 is 27.4 Å². The lowest BCUT2D eigenvalue weighted by Crippen LogP contribution is -2.49. The third kappa shape index (κ3) is 3.31. The summed E-state index contributed by atoms with van der Waals surface area (Å²) >= 11 is 6.12. The zero-order chi connectivity index (χ0) is 16.4. The Morgan fingerprint density at radius 1 is 1.04 bits per heavy atom. The quantitative estimate of drug-likeness (QED) is 0.848. The van der Waals surface area contributed by atoms with Crippen LogP contribution in [0.2, 0.25) is 5.02 Å². The minimum absolute atomic E-state index is 0.100. The summed E-state index contributed by atoms with van der Waals surface area (Å²) in [6.45, 7) is 1.65. The molecule has 0 unspecified atom stereocenters. The Morgan fingerprint density at radius 3 is 2.30 bits per heavy atom. The van der Waals surface area contributed by atoms with E-state index in [0.717, 1.165) is 12.1 Å². The number of rotatable bonds is 3. The molecule has 1 aromatic heterocycles. The number of aromatic nitrogens is 1. The minimum Gasteiger partial charge on any atom is -0.353 e. The second-order valence-electron chi connectivity index (χ2n) is 5.15. The highest BCUT2D eigenvalue weighted by Gasteiger charge is 2.29. The zero-order valence-electron chi connectivity index (χ0n) is 12.2. The Morgan fingerprint density at radius 2 is 1.70 bits per heavy atom. The van der Waals surface area contributed by atoms with Gasteiger partial charge < -0.3 is 4.90 Å². The number of anilines is 1. The first-order valence-corrected chi connectivity index (χ1v) is 8.91. The van der Waals surface area contributed by atoms with Crippen LogP contribution in [0.25, 0.3) is 0 Å². The van der Waals surface area contributed by atoms with E-state index < -0.39 is 15.8 Å². The first kappa shape index (κ1) is 16.2. The second-order valence-corrected chi connectivity index (χ2v) is 7.50. The number of nitrogens with zero attached hydrogens (tertiary/aromatic N) is 3. The molecule has 0 aliphatic carbocycles. The van der Waals surface area contributed by atoms with Gasteiger partial charge in [-0.15, -0.1) is 0 Å². The van der Waals surface area contributed by atoms with Crippen LogP contribution in [0.5, 0.6) is 0 Å². The van der Waals surface area contributed by atoms with Crippen molar-refractivity contribution in [3.8, 4) is 0 Å². The van der Waals surface area contributed by atoms with Gasteiger partial charge in [0.25, 0.3) is 0 Å². The van der Waals surface area contributed by atoms with Gasteiger partial charge in [0.15, 0.2) is 0 Å². The highest BCUT2D eigenvalue weighted by molar-refractivity contribution is 7.89. The Labute approximate surface area is 139 Å². The van der Waals surface area contributed by atoms with Gasteiger partial charge in [0.1, 0.15) is 11.6 Å². The Kier molecular flexibility index (Phi) is 4.52. The highest BCUT2D eigenvalue weighted by atomic mass is 35.5. The first-order chi connectivity index (χ1) is 11.0. The predicted octanol–water partition coefficient (Wildman–Crippen LogP) is 2.39. The van der Waals surface area contributed by atoms with Crippen LogP contribution < -0.4 is 4.90 Å². The average molecular weight is 356 g/mol. The van der Waals surface area contributed by atoms with Crippen LogP contribution in [0.1, 0.15) is 0 Å². The summed E-state index contributed by atoms with van der Waals surface area (Å²) in [6.07, 6.45) is 1.66. The third-order valence-electron chi connectivity index (χ3n) is 3.73.